The van der Waals surface area contributed by atoms with Crippen LogP contribution >= 0.6 is 11.8 Å². The molecule has 0 spiro atoms. The van der Waals surface area contributed by atoms with Crippen LogP contribution in [0.3, 0.4) is 0 Å². The van der Waals surface area contributed by atoms with E-state index < -0.39 is 5.97 Å². The van der Waals surface area contributed by atoms with Crippen molar-refractivity contribution in [1.82, 2.24) is 4.57 Å². The van der Waals surface area contributed by atoms with Crippen molar-refractivity contribution in [3.05, 3.63) is 71.7 Å². The van der Waals surface area contributed by atoms with Crippen LogP contribution in [0, 0.1) is 6.57 Å². The van der Waals surface area contributed by atoms with Gasteiger partial charge in [-0.15, -0.1) is 11.8 Å². The number of carbonyl (C=O) groups excluding carboxylic acids is 1. The summed E-state index contributed by atoms with van der Waals surface area (Å²) in [6, 6.07) is 18.1. The smallest absolute Gasteiger partial charge is 0.354 e. The van der Waals surface area contributed by atoms with E-state index in [1.807, 2.05) is 56.4 Å². The minimum atomic E-state index is -0.403. The van der Waals surface area contributed by atoms with Crippen molar-refractivity contribution in [1.29, 1.82) is 0 Å². The number of benzene rings is 2. The average molecular weight is 391 g/mol. The van der Waals surface area contributed by atoms with Gasteiger partial charge in [0.15, 0.2) is 0 Å². The van der Waals surface area contributed by atoms with Crippen LogP contribution in [-0.2, 0) is 11.8 Å². The van der Waals surface area contributed by atoms with Gasteiger partial charge >= 0.3 is 5.97 Å². The van der Waals surface area contributed by atoms with Crippen molar-refractivity contribution in [2.75, 3.05) is 12.4 Å². The van der Waals surface area contributed by atoms with E-state index in [9.17, 15) is 4.79 Å². The lowest BCUT2D eigenvalue weighted by molar-refractivity contribution is 0.0515. The minimum absolute atomic E-state index is 0.292. The van der Waals surface area contributed by atoms with Crippen molar-refractivity contribution < 1.29 is 9.53 Å². The first-order valence-electron chi connectivity index (χ1n) is 9.18. The predicted molar refractivity (Wildman–Crippen MR) is 115 cm³/mol. The molecule has 3 rings (SSSR count). The van der Waals surface area contributed by atoms with Gasteiger partial charge in [0.2, 0.25) is 5.69 Å². The largest absolute Gasteiger partial charge is 0.461 e. The molecule has 0 aliphatic heterocycles. The Bertz CT molecular complexity index is 1020. The van der Waals surface area contributed by atoms with Crippen molar-refractivity contribution in [3.63, 3.8) is 0 Å². The fourth-order valence-electron chi connectivity index (χ4n) is 3.22. The zero-order valence-corrected chi connectivity index (χ0v) is 17.0. The van der Waals surface area contributed by atoms with Gasteiger partial charge in [0.05, 0.1) is 18.2 Å². The second kappa shape index (κ2) is 8.81. The molecule has 5 heteroatoms. The first-order valence-corrected chi connectivity index (χ1v) is 10.2. The fraction of sp³-hybridized carbons (Fsp3) is 0.217. The molecule has 2 aromatic carbocycles. The minimum Gasteiger partial charge on any atom is -0.461 e. The van der Waals surface area contributed by atoms with E-state index in [0.29, 0.717) is 23.6 Å². The number of aromatic nitrogens is 1. The third-order valence-electron chi connectivity index (χ3n) is 4.46. The van der Waals surface area contributed by atoms with E-state index in [1.54, 1.807) is 23.3 Å². The number of hydrogen-bond donors (Lipinski definition) is 0. The molecule has 0 unspecified atom stereocenters. The van der Waals surface area contributed by atoms with E-state index >= 15 is 0 Å². The summed E-state index contributed by atoms with van der Waals surface area (Å²) in [5.41, 5.74) is 4.63. The van der Waals surface area contributed by atoms with Gasteiger partial charge in [-0.3, -0.25) is 0 Å². The Morgan fingerprint density at radius 1 is 1.04 bits per heavy atom. The van der Waals surface area contributed by atoms with Crippen LogP contribution in [0.2, 0.25) is 0 Å². The third kappa shape index (κ3) is 3.69. The molecule has 0 bridgehead atoms. The maximum Gasteiger partial charge on any atom is 0.354 e. The highest BCUT2D eigenvalue weighted by Crippen LogP contribution is 2.44. The molecule has 0 atom stereocenters. The van der Waals surface area contributed by atoms with E-state index in [2.05, 4.69) is 17.0 Å². The summed E-state index contributed by atoms with van der Waals surface area (Å²) in [6.07, 6.45) is 0. The lowest BCUT2D eigenvalue weighted by Crippen LogP contribution is -2.11. The first-order chi connectivity index (χ1) is 13.6. The van der Waals surface area contributed by atoms with Gasteiger partial charge in [-0.25, -0.2) is 9.64 Å². The van der Waals surface area contributed by atoms with Gasteiger partial charge in [-0.1, -0.05) is 61.5 Å². The van der Waals surface area contributed by atoms with Crippen LogP contribution in [0.25, 0.3) is 27.1 Å². The average Bonchev–Trinajstić information content (AvgIpc) is 3.01. The highest BCUT2D eigenvalue weighted by molar-refractivity contribution is 7.99. The lowest BCUT2D eigenvalue weighted by Gasteiger charge is -2.09. The van der Waals surface area contributed by atoms with Gasteiger partial charge in [0, 0.05) is 12.6 Å². The zero-order valence-electron chi connectivity index (χ0n) is 16.2. The Labute approximate surface area is 170 Å². The maximum absolute atomic E-state index is 12.7. The Balaban J connectivity index is 2.16. The number of esters is 1. The van der Waals surface area contributed by atoms with Crippen LogP contribution in [0.4, 0.5) is 5.69 Å². The molecule has 1 aromatic heterocycles. The summed E-state index contributed by atoms with van der Waals surface area (Å²) >= 11 is 1.56. The summed E-state index contributed by atoms with van der Waals surface area (Å²) in [5.74, 6) is 0.412. The summed E-state index contributed by atoms with van der Waals surface area (Å²) in [6.45, 7) is 11.8. The Morgan fingerprint density at radius 2 is 1.64 bits per heavy atom. The Hall–Kier alpha value is -2.97. The summed E-state index contributed by atoms with van der Waals surface area (Å²) in [5, 5.41) is 0.794. The van der Waals surface area contributed by atoms with Crippen LogP contribution < -0.4 is 0 Å². The molecular weight excluding hydrogens is 368 g/mol. The fourth-order valence-corrected chi connectivity index (χ4v) is 4.07. The van der Waals surface area contributed by atoms with Gasteiger partial charge in [0.25, 0.3) is 0 Å². The number of ether oxygens (including phenoxy) is 1. The topological polar surface area (TPSA) is 35.6 Å². The van der Waals surface area contributed by atoms with Crippen LogP contribution in [-0.4, -0.2) is 22.9 Å². The number of rotatable bonds is 6. The second-order valence-corrected chi connectivity index (χ2v) is 7.40. The molecule has 0 saturated carbocycles. The van der Waals surface area contributed by atoms with E-state index in [-0.39, 0.29) is 0 Å². The third-order valence-corrected chi connectivity index (χ3v) is 5.49. The summed E-state index contributed by atoms with van der Waals surface area (Å²) < 4.78 is 7.07. The van der Waals surface area contributed by atoms with Gasteiger partial charge in [0.1, 0.15) is 5.69 Å². The molecule has 0 amide bonds. The van der Waals surface area contributed by atoms with E-state index in [0.717, 1.165) is 27.5 Å². The SMILES string of the molecule is [C-]#[N+]c1c(-c2ccc(-c3ccccc3)cc2)c(C(=O)OCC)n(C)c1SCC. The molecule has 4 nitrogen and oxygen atoms in total. The number of nitrogens with zero attached hydrogens (tertiary/aromatic N) is 2. The van der Waals surface area contributed by atoms with Gasteiger partial charge in [-0.05, 0) is 29.4 Å². The number of carbonyl (C=O) groups is 1. The molecule has 3 aromatic rings. The van der Waals surface area contributed by atoms with Crippen LogP contribution in [0.5, 0.6) is 0 Å². The molecule has 1 heterocycles. The standard InChI is InChI=1S/C23H22N2O2S/c1-5-27-23(26)21-19(20(24-3)22(25(21)4)28-6-2)18-14-12-17(13-15-18)16-10-8-7-9-11-16/h7-15H,5-6H2,1-2,4H3. The molecule has 0 saturated heterocycles. The van der Waals surface area contributed by atoms with E-state index in [4.69, 9.17) is 11.3 Å². The normalized spacial score (nSPS) is 10.5. The Kier molecular flexibility index (Phi) is 6.23. The van der Waals surface area contributed by atoms with Gasteiger partial charge < -0.3 is 9.30 Å². The van der Waals surface area contributed by atoms with Crippen molar-refractivity contribution in [2.24, 2.45) is 7.05 Å². The molecular formula is C23H22N2O2S. The van der Waals surface area contributed by atoms with Crippen LogP contribution in [0.15, 0.2) is 59.6 Å². The van der Waals surface area contributed by atoms with Gasteiger partial charge in [-0.2, -0.15) is 0 Å². The quantitative estimate of drug-likeness (QED) is 0.286. The maximum atomic E-state index is 12.7. The summed E-state index contributed by atoms with van der Waals surface area (Å²) in [4.78, 5) is 16.4. The van der Waals surface area contributed by atoms with Crippen LogP contribution in [0.1, 0.15) is 24.3 Å². The van der Waals surface area contributed by atoms with Crippen molar-refractivity contribution in [3.8, 4) is 22.3 Å². The number of hydrogen-bond acceptors (Lipinski definition) is 3. The predicted octanol–water partition coefficient (Wildman–Crippen LogP) is 6.20. The molecule has 0 fully saturated rings. The monoisotopic (exact) mass is 390 g/mol. The molecule has 0 aliphatic rings. The second-order valence-electron chi connectivity index (χ2n) is 6.15. The highest BCUT2D eigenvalue weighted by atomic mass is 32.2. The Morgan fingerprint density at radius 3 is 2.21 bits per heavy atom. The van der Waals surface area contributed by atoms with Crippen molar-refractivity contribution >= 4 is 23.4 Å². The lowest BCUT2D eigenvalue weighted by atomic mass is 9.99. The molecule has 0 radical (unpaired) electrons. The summed E-state index contributed by atoms with van der Waals surface area (Å²) in [7, 11) is 1.82. The molecule has 28 heavy (non-hydrogen) atoms. The molecule has 142 valence electrons. The van der Waals surface area contributed by atoms with Crippen molar-refractivity contribution in [2.45, 2.75) is 18.9 Å². The highest BCUT2D eigenvalue weighted by Gasteiger charge is 2.27. The number of thioether (sulfide) groups is 1. The first kappa shape index (κ1) is 19.8. The van der Waals surface area contributed by atoms with E-state index in [1.165, 1.54) is 0 Å². The molecule has 0 N–H and O–H groups in total. The zero-order chi connectivity index (χ0) is 20.1. The molecule has 0 aliphatic carbocycles.